The van der Waals surface area contributed by atoms with Crippen molar-refractivity contribution in [3.8, 4) is 17.1 Å². The number of halogens is 1. The van der Waals surface area contributed by atoms with Crippen LogP contribution in [0.15, 0.2) is 65.7 Å². The summed E-state index contributed by atoms with van der Waals surface area (Å²) in [5, 5.41) is 0. The topological polar surface area (TPSA) is 30.2 Å². The van der Waals surface area contributed by atoms with Gasteiger partial charge in [0.05, 0.1) is 5.69 Å². The largest absolute Gasteiger partial charge is 0.256 e. The molecule has 0 fully saturated rings. The van der Waals surface area contributed by atoms with Crippen molar-refractivity contribution in [3.05, 3.63) is 65.5 Å². The number of aromatic nitrogens is 2. The highest BCUT2D eigenvalue weighted by Gasteiger charge is 2.09. The predicted octanol–water partition coefficient (Wildman–Crippen LogP) is 4.10. The van der Waals surface area contributed by atoms with Crippen LogP contribution in [0.25, 0.3) is 17.1 Å². The number of benzene rings is 2. The average Bonchev–Trinajstić information content (AvgIpc) is 2.93. The van der Waals surface area contributed by atoms with E-state index in [4.69, 9.17) is 0 Å². The molecule has 3 aromatic rings. The van der Waals surface area contributed by atoms with Gasteiger partial charge in [-0.3, -0.25) is 4.99 Å². The molecule has 0 saturated carbocycles. The Balaban J connectivity index is 0.00000161. The van der Waals surface area contributed by atoms with Crippen LogP contribution in [0, 0.1) is 0 Å². The number of rotatable bonds is 3. The molecule has 108 valence electrons. The van der Waals surface area contributed by atoms with E-state index < -0.39 is 0 Å². The van der Waals surface area contributed by atoms with Crippen molar-refractivity contribution in [2.75, 3.05) is 6.54 Å². The molecular weight excluding hydrogens is 346 g/mol. The lowest BCUT2D eigenvalue weighted by molar-refractivity contribution is 1.03. The number of nitrogens with zero attached hydrogens (tertiary/aromatic N) is 3. The second-order valence-corrected chi connectivity index (χ2v) is 5.19. The van der Waals surface area contributed by atoms with Gasteiger partial charge in [0, 0.05) is 12.1 Å². The lowest BCUT2D eigenvalue weighted by atomic mass is 10.2. The van der Waals surface area contributed by atoms with E-state index in [1.165, 1.54) is 0 Å². The average molecular weight is 362 g/mol. The summed E-state index contributed by atoms with van der Waals surface area (Å²) in [7, 11) is 0. The van der Waals surface area contributed by atoms with Gasteiger partial charge in [-0.25, -0.2) is 3.96 Å². The second kappa shape index (κ2) is 7.33. The molecular formula is C16H16BrN3S. The highest BCUT2D eigenvalue weighted by molar-refractivity contribution is 8.93. The zero-order valence-corrected chi connectivity index (χ0v) is 14.2. The fourth-order valence-corrected chi connectivity index (χ4v) is 2.93. The normalized spacial score (nSPS) is 11.2. The third-order valence-electron chi connectivity index (χ3n) is 2.88. The summed E-state index contributed by atoms with van der Waals surface area (Å²) in [6.45, 7) is 2.77. The number of hydrogen-bond donors (Lipinski definition) is 0. The third-order valence-corrected chi connectivity index (χ3v) is 3.83. The standard InChI is InChI=1S/C16H15N3S.BrH/c1-2-17-16-18-15(13-9-5-3-6-10-13)19(20-16)14-11-7-4-8-12-14;/h3-12H,2H2,1H3;1H. The first-order valence-corrected chi connectivity index (χ1v) is 7.37. The Labute approximate surface area is 138 Å². The minimum absolute atomic E-state index is 0. The van der Waals surface area contributed by atoms with Gasteiger partial charge >= 0.3 is 0 Å². The van der Waals surface area contributed by atoms with E-state index in [2.05, 4.69) is 38.2 Å². The van der Waals surface area contributed by atoms with Crippen molar-refractivity contribution in [2.45, 2.75) is 6.92 Å². The Morgan fingerprint density at radius 1 is 1.00 bits per heavy atom. The summed E-state index contributed by atoms with van der Waals surface area (Å²) in [6.07, 6.45) is 0. The van der Waals surface area contributed by atoms with E-state index >= 15 is 0 Å². The Morgan fingerprint density at radius 3 is 2.24 bits per heavy atom. The van der Waals surface area contributed by atoms with Crippen molar-refractivity contribution < 1.29 is 0 Å². The molecule has 0 saturated heterocycles. The highest BCUT2D eigenvalue weighted by atomic mass is 79.9. The SMILES string of the molecule is Br.CCN=c1nc(-c2ccccc2)n(-c2ccccc2)s1. The van der Waals surface area contributed by atoms with Gasteiger partial charge in [-0.05, 0) is 30.6 Å². The van der Waals surface area contributed by atoms with Crippen LogP contribution in [0.5, 0.6) is 0 Å². The molecule has 5 heteroatoms. The summed E-state index contributed by atoms with van der Waals surface area (Å²) in [5.41, 5.74) is 2.21. The zero-order valence-electron chi connectivity index (χ0n) is 11.6. The van der Waals surface area contributed by atoms with Gasteiger partial charge < -0.3 is 0 Å². The Kier molecular flexibility index (Phi) is 5.47. The van der Waals surface area contributed by atoms with Gasteiger partial charge in [-0.15, -0.1) is 17.0 Å². The van der Waals surface area contributed by atoms with Crippen LogP contribution in [0.1, 0.15) is 6.92 Å². The van der Waals surface area contributed by atoms with Crippen molar-refractivity contribution >= 4 is 28.5 Å². The van der Waals surface area contributed by atoms with E-state index in [-0.39, 0.29) is 17.0 Å². The molecule has 1 aromatic heterocycles. The summed E-state index contributed by atoms with van der Waals surface area (Å²) in [4.78, 5) is 9.90. The smallest absolute Gasteiger partial charge is 0.223 e. The van der Waals surface area contributed by atoms with Crippen LogP contribution in [-0.2, 0) is 0 Å². The molecule has 0 aliphatic carbocycles. The minimum Gasteiger partial charge on any atom is -0.256 e. The molecule has 3 nitrogen and oxygen atoms in total. The first-order valence-electron chi connectivity index (χ1n) is 6.60. The summed E-state index contributed by atoms with van der Waals surface area (Å²) in [5.74, 6) is 0.939. The highest BCUT2D eigenvalue weighted by Crippen LogP contribution is 2.21. The summed E-state index contributed by atoms with van der Waals surface area (Å²) in [6, 6.07) is 20.5. The fourth-order valence-electron chi connectivity index (χ4n) is 1.99. The van der Waals surface area contributed by atoms with Crippen molar-refractivity contribution in [1.82, 2.24) is 8.94 Å². The summed E-state index contributed by atoms with van der Waals surface area (Å²) < 4.78 is 2.13. The Hall–Kier alpha value is -1.72. The molecule has 0 spiro atoms. The van der Waals surface area contributed by atoms with E-state index in [0.717, 1.165) is 28.4 Å². The summed E-state index contributed by atoms with van der Waals surface area (Å²) >= 11 is 1.57. The van der Waals surface area contributed by atoms with Gasteiger partial charge in [0.2, 0.25) is 4.80 Å². The zero-order chi connectivity index (χ0) is 13.8. The quantitative estimate of drug-likeness (QED) is 0.690. The maximum atomic E-state index is 4.66. The van der Waals surface area contributed by atoms with E-state index in [1.54, 1.807) is 11.5 Å². The third kappa shape index (κ3) is 3.49. The molecule has 0 unspecified atom stereocenters. The maximum absolute atomic E-state index is 4.66. The first-order chi connectivity index (χ1) is 9.88. The molecule has 0 bridgehead atoms. The molecule has 0 aliphatic rings. The van der Waals surface area contributed by atoms with Gasteiger partial charge in [0.15, 0.2) is 5.82 Å². The van der Waals surface area contributed by atoms with Gasteiger partial charge in [-0.2, -0.15) is 4.98 Å². The minimum atomic E-state index is 0. The number of hydrogen-bond acceptors (Lipinski definition) is 3. The van der Waals surface area contributed by atoms with Crippen LogP contribution >= 0.6 is 28.5 Å². The van der Waals surface area contributed by atoms with Gasteiger partial charge in [0.1, 0.15) is 0 Å². The molecule has 1 heterocycles. The van der Waals surface area contributed by atoms with Crippen LogP contribution in [0.4, 0.5) is 0 Å². The predicted molar refractivity (Wildman–Crippen MR) is 93.3 cm³/mol. The van der Waals surface area contributed by atoms with Gasteiger partial charge in [-0.1, -0.05) is 48.5 Å². The van der Waals surface area contributed by atoms with Crippen LogP contribution in [0.2, 0.25) is 0 Å². The molecule has 0 radical (unpaired) electrons. The van der Waals surface area contributed by atoms with Crippen LogP contribution < -0.4 is 4.80 Å². The van der Waals surface area contributed by atoms with Gasteiger partial charge in [0.25, 0.3) is 0 Å². The monoisotopic (exact) mass is 361 g/mol. The van der Waals surface area contributed by atoms with E-state index in [0.29, 0.717) is 0 Å². The second-order valence-electron chi connectivity index (χ2n) is 4.28. The fraction of sp³-hybridized carbons (Fsp3) is 0.125. The molecule has 0 atom stereocenters. The van der Waals surface area contributed by atoms with Crippen molar-refractivity contribution in [3.63, 3.8) is 0 Å². The van der Waals surface area contributed by atoms with E-state index in [9.17, 15) is 0 Å². The molecule has 21 heavy (non-hydrogen) atoms. The van der Waals surface area contributed by atoms with E-state index in [1.807, 2.05) is 43.3 Å². The lowest BCUT2D eigenvalue weighted by Gasteiger charge is -2.05. The van der Waals surface area contributed by atoms with Crippen LogP contribution in [0.3, 0.4) is 0 Å². The molecule has 2 aromatic carbocycles. The molecule has 0 amide bonds. The maximum Gasteiger partial charge on any atom is 0.223 e. The molecule has 3 rings (SSSR count). The van der Waals surface area contributed by atoms with Crippen molar-refractivity contribution in [1.29, 1.82) is 0 Å². The molecule has 0 aliphatic heterocycles. The Bertz CT molecular complexity index is 688. The van der Waals surface area contributed by atoms with Crippen molar-refractivity contribution in [2.24, 2.45) is 4.99 Å². The first kappa shape index (κ1) is 15.7. The Morgan fingerprint density at radius 2 is 1.62 bits per heavy atom. The molecule has 0 N–H and O–H groups in total. The lowest BCUT2D eigenvalue weighted by Crippen LogP contribution is -1.98. The number of para-hydroxylation sites is 1. The van der Waals surface area contributed by atoms with Crippen LogP contribution in [-0.4, -0.2) is 15.5 Å².